The summed E-state index contributed by atoms with van der Waals surface area (Å²) in [7, 11) is 0. The number of hydrogen-bond acceptors (Lipinski definition) is 5. The molecule has 1 saturated heterocycles. The number of hydrogen-bond donors (Lipinski definition) is 0. The molecular formula is C19H18ClN3O2S. The van der Waals surface area contributed by atoms with Gasteiger partial charge in [-0.3, -0.25) is 4.79 Å². The van der Waals surface area contributed by atoms with E-state index in [9.17, 15) is 4.79 Å². The molecule has 2 aromatic heterocycles. The molecule has 1 unspecified atom stereocenters. The first-order chi connectivity index (χ1) is 12.7. The fraction of sp³-hybridized carbons (Fsp3) is 0.316. The van der Waals surface area contributed by atoms with E-state index in [0.29, 0.717) is 29.8 Å². The highest BCUT2D eigenvalue weighted by Gasteiger charge is 2.28. The monoisotopic (exact) mass is 387 g/mol. The van der Waals surface area contributed by atoms with E-state index in [1.165, 1.54) is 0 Å². The molecule has 1 atom stereocenters. The Hall–Kier alpha value is -2.18. The Morgan fingerprint density at radius 2 is 2.19 bits per heavy atom. The number of thiophene rings is 1. The molecule has 5 nitrogen and oxygen atoms in total. The number of halogens is 1. The van der Waals surface area contributed by atoms with Crippen molar-refractivity contribution in [1.82, 2.24) is 15.1 Å². The minimum atomic E-state index is 0.0823. The van der Waals surface area contributed by atoms with Crippen molar-refractivity contribution >= 4 is 28.8 Å². The molecule has 0 bridgehead atoms. The summed E-state index contributed by atoms with van der Waals surface area (Å²) in [5.41, 5.74) is 1.80. The number of likely N-dealkylation sites (tertiary alicyclic amines) is 1. The molecule has 0 radical (unpaired) electrons. The Morgan fingerprint density at radius 3 is 3.00 bits per heavy atom. The second-order valence-electron chi connectivity index (χ2n) is 6.40. The summed E-state index contributed by atoms with van der Waals surface area (Å²) < 4.78 is 5.86. The standard InChI is InChI=1S/C19H18ClN3O2S/c20-16-6-2-1-4-13(16)10-17(24)23-8-3-5-14(11-23)18-21-22-19(25-18)15-7-9-26-12-15/h1-2,4,6-7,9,12,14H,3,5,8,10-11H2. The van der Waals surface area contributed by atoms with E-state index < -0.39 is 0 Å². The van der Waals surface area contributed by atoms with Crippen LogP contribution < -0.4 is 0 Å². The number of nitrogens with zero attached hydrogens (tertiary/aromatic N) is 3. The van der Waals surface area contributed by atoms with Crippen LogP contribution in [0.3, 0.4) is 0 Å². The Kier molecular flexibility index (Phi) is 5.04. The van der Waals surface area contributed by atoms with Gasteiger partial charge in [0.1, 0.15) is 0 Å². The lowest BCUT2D eigenvalue weighted by atomic mass is 9.97. The first-order valence-corrected chi connectivity index (χ1v) is 9.90. The van der Waals surface area contributed by atoms with Gasteiger partial charge in [0, 0.05) is 29.1 Å². The molecule has 1 aliphatic heterocycles. The molecular weight excluding hydrogens is 370 g/mol. The van der Waals surface area contributed by atoms with Gasteiger partial charge < -0.3 is 9.32 Å². The van der Waals surface area contributed by atoms with Gasteiger partial charge in [-0.2, -0.15) is 11.3 Å². The molecule has 0 spiro atoms. The molecule has 26 heavy (non-hydrogen) atoms. The van der Waals surface area contributed by atoms with Crippen LogP contribution in [-0.2, 0) is 11.2 Å². The fourth-order valence-corrected chi connectivity index (χ4v) is 4.06. The summed E-state index contributed by atoms with van der Waals surface area (Å²) in [6.45, 7) is 1.36. The van der Waals surface area contributed by atoms with Crippen LogP contribution in [0.2, 0.25) is 5.02 Å². The van der Waals surface area contributed by atoms with Gasteiger partial charge >= 0.3 is 0 Å². The third-order valence-corrected chi connectivity index (χ3v) is 5.68. The number of amides is 1. The number of carbonyl (C=O) groups is 1. The topological polar surface area (TPSA) is 59.2 Å². The molecule has 0 saturated carbocycles. The normalized spacial score (nSPS) is 17.4. The van der Waals surface area contributed by atoms with Crippen molar-refractivity contribution in [2.75, 3.05) is 13.1 Å². The minimum absolute atomic E-state index is 0.0823. The van der Waals surface area contributed by atoms with E-state index in [2.05, 4.69) is 10.2 Å². The lowest BCUT2D eigenvalue weighted by Gasteiger charge is -2.31. The van der Waals surface area contributed by atoms with Crippen molar-refractivity contribution < 1.29 is 9.21 Å². The molecule has 1 aromatic carbocycles. The van der Waals surface area contributed by atoms with Crippen molar-refractivity contribution in [3.05, 3.63) is 57.6 Å². The fourth-order valence-electron chi connectivity index (χ4n) is 3.22. The molecule has 7 heteroatoms. The minimum Gasteiger partial charge on any atom is -0.420 e. The highest BCUT2D eigenvalue weighted by atomic mass is 35.5. The highest BCUT2D eigenvalue weighted by Crippen LogP contribution is 2.29. The molecule has 134 valence electrons. The van der Waals surface area contributed by atoms with Crippen molar-refractivity contribution in [2.45, 2.75) is 25.2 Å². The number of carbonyl (C=O) groups excluding carboxylic acids is 1. The van der Waals surface area contributed by atoms with Crippen LogP contribution in [-0.4, -0.2) is 34.1 Å². The maximum Gasteiger partial charge on any atom is 0.248 e. The van der Waals surface area contributed by atoms with Crippen molar-refractivity contribution in [3.63, 3.8) is 0 Å². The summed E-state index contributed by atoms with van der Waals surface area (Å²) in [5.74, 6) is 1.32. The van der Waals surface area contributed by atoms with Crippen LogP contribution in [0.4, 0.5) is 0 Å². The van der Waals surface area contributed by atoms with E-state index in [-0.39, 0.29) is 11.8 Å². The number of aromatic nitrogens is 2. The summed E-state index contributed by atoms with van der Waals surface area (Å²) >= 11 is 7.77. The third kappa shape index (κ3) is 3.66. The number of piperidine rings is 1. The predicted octanol–water partition coefficient (Wildman–Crippen LogP) is 4.40. The zero-order chi connectivity index (χ0) is 17.9. The van der Waals surface area contributed by atoms with E-state index in [0.717, 1.165) is 30.5 Å². The summed E-state index contributed by atoms with van der Waals surface area (Å²) in [5, 5.41) is 13.0. The van der Waals surface area contributed by atoms with Crippen LogP contribution in [0.15, 0.2) is 45.5 Å². The van der Waals surface area contributed by atoms with Crippen LogP contribution in [0.25, 0.3) is 11.5 Å². The Labute approximate surface area is 160 Å². The van der Waals surface area contributed by atoms with E-state index in [4.69, 9.17) is 16.0 Å². The first kappa shape index (κ1) is 17.2. The second-order valence-corrected chi connectivity index (χ2v) is 7.59. The van der Waals surface area contributed by atoms with Gasteiger partial charge in [0.2, 0.25) is 17.7 Å². The molecule has 1 fully saturated rings. The zero-order valence-electron chi connectivity index (χ0n) is 14.1. The van der Waals surface area contributed by atoms with Gasteiger partial charge in [-0.05, 0) is 35.9 Å². The van der Waals surface area contributed by atoms with Gasteiger partial charge in [-0.25, -0.2) is 0 Å². The average Bonchev–Trinajstić information content (AvgIpc) is 3.35. The van der Waals surface area contributed by atoms with Gasteiger partial charge in [-0.1, -0.05) is 29.8 Å². The lowest BCUT2D eigenvalue weighted by Crippen LogP contribution is -2.40. The van der Waals surface area contributed by atoms with E-state index >= 15 is 0 Å². The molecule has 0 aliphatic carbocycles. The van der Waals surface area contributed by atoms with Gasteiger partial charge in [0.05, 0.1) is 12.3 Å². The molecule has 0 N–H and O–H groups in total. The van der Waals surface area contributed by atoms with Crippen molar-refractivity contribution in [3.8, 4) is 11.5 Å². The number of benzene rings is 1. The van der Waals surface area contributed by atoms with Crippen LogP contribution in [0.1, 0.15) is 30.2 Å². The van der Waals surface area contributed by atoms with Crippen LogP contribution >= 0.6 is 22.9 Å². The summed E-state index contributed by atoms with van der Waals surface area (Å²) in [6.07, 6.45) is 2.19. The van der Waals surface area contributed by atoms with Crippen molar-refractivity contribution in [2.24, 2.45) is 0 Å². The Bertz CT molecular complexity index is 894. The molecule has 1 aliphatic rings. The largest absolute Gasteiger partial charge is 0.420 e. The van der Waals surface area contributed by atoms with Crippen LogP contribution in [0.5, 0.6) is 0 Å². The van der Waals surface area contributed by atoms with E-state index in [1.54, 1.807) is 11.3 Å². The maximum absolute atomic E-state index is 12.7. The maximum atomic E-state index is 12.7. The summed E-state index contributed by atoms with van der Waals surface area (Å²) in [4.78, 5) is 14.6. The average molecular weight is 388 g/mol. The lowest BCUT2D eigenvalue weighted by molar-refractivity contribution is -0.131. The van der Waals surface area contributed by atoms with Crippen molar-refractivity contribution in [1.29, 1.82) is 0 Å². The smallest absolute Gasteiger partial charge is 0.248 e. The second kappa shape index (κ2) is 7.60. The molecule has 1 amide bonds. The first-order valence-electron chi connectivity index (χ1n) is 8.58. The summed E-state index contributed by atoms with van der Waals surface area (Å²) in [6, 6.07) is 9.44. The molecule has 4 rings (SSSR count). The zero-order valence-corrected chi connectivity index (χ0v) is 15.7. The Morgan fingerprint density at radius 1 is 1.31 bits per heavy atom. The van der Waals surface area contributed by atoms with Gasteiger partial charge in [0.25, 0.3) is 0 Å². The quantitative estimate of drug-likeness (QED) is 0.665. The van der Waals surface area contributed by atoms with Gasteiger partial charge in [-0.15, -0.1) is 10.2 Å². The van der Waals surface area contributed by atoms with Gasteiger partial charge in [0.15, 0.2) is 0 Å². The van der Waals surface area contributed by atoms with E-state index in [1.807, 2.05) is 46.0 Å². The number of rotatable bonds is 4. The SMILES string of the molecule is O=C(Cc1ccccc1Cl)N1CCCC(c2nnc(-c3ccsc3)o2)C1. The van der Waals surface area contributed by atoms with Crippen LogP contribution in [0, 0.1) is 0 Å². The molecule has 3 heterocycles. The predicted molar refractivity (Wildman–Crippen MR) is 101 cm³/mol. The molecule has 3 aromatic rings. The third-order valence-electron chi connectivity index (χ3n) is 4.63. The Balaban J connectivity index is 1.44. The highest BCUT2D eigenvalue weighted by molar-refractivity contribution is 7.08.